The van der Waals surface area contributed by atoms with Crippen LogP contribution in [0.3, 0.4) is 0 Å². The van der Waals surface area contributed by atoms with Crippen molar-refractivity contribution in [3.05, 3.63) is 11.6 Å². The minimum Gasteiger partial charge on any atom is -0.458 e. The van der Waals surface area contributed by atoms with Crippen LogP contribution in [0, 0.1) is 35.0 Å². The van der Waals surface area contributed by atoms with Crippen molar-refractivity contribution in [3.63, 3.8) is 0 Å². The molecule has 4 aliphatic rings. The van der Waals surface area contributed by atoms with E-state index in [2.05, 4.69) is 6.92 Å². The molecule has 4 heteroatoms. The molecule has 0 N–H and O–H groups in total. The molecule has 0 aliphatic heterocycles. The summed E-state index contributed by atoms with van der Waals surface area (Å²) in [7, 11) is 0. The van der Waals surface area contributed by atoms with E-state index in [1.807, 2.05) is 19.9 Å². The van der Waals surface area contributed by atoms with Crippen molar-refractivity contribution < 1.29 is 19.1 Å². The van der Waals surface area contributed by atoms with Crippen molar-refractivity contribution >= 4 is 17.5 Å². The number of allylic oxidation sites excluding steroid dienone is 1. The number of fused-ring (bicyclic) bond motifs is 5. The second-order valence-corrected chi connectivity index (χ2v) is 9.20. The maximum atomic E-state index is 12.6. The summed E-state index contributed by atoms with van der Waals surface area (Å²) in [4.78, 5) is 35.5. The second-order valence-electron chi connectivity index (χ2n) is 9.20. The molecule has 0 amide bonds. The molecule has 0 heterocycles. The minimum atomic E-state index is -0.372. The number of carbonyl (C=O) groups excluding carboxylic acids is 3. The SMILES string of the molecule is CC.CC(=O)OCC(=O)C1CCC2C1CCC1C2CCC2=CC(=O)CCC21C. The molecule has 0 bridgehead atoms. The minimum absolute atomic E-state index is 0.0516. The average molecular weight is 389 g/mol. The smallest absolute Gasteiger partial charge is 0.303 e. The molecule has 156 valence electrons. The van der Waals surface area contributed by atoms with Crippen molar-refractivity contribution in [2.24, 2.45) is 35.0 Å². The van der Waals surface area contributed by atoms with Crippen LogP contribution in [0.2, 0.25) is 0 Å². The van der Waals surface area contributed by atoms with E-state index in [0.29, 0.717) is 35.9 Å². The summed E-state index contributed by atoms with van der Waals surface area (Å²) in [5, 5.41) is 0. The van der Waals surface area contributed by atoms with E-state index in [1.165, 1.54) is 25.3 Å². The van der Waals surface area contributed by atoms with Crippen molar-refractivity contribution in [1.82, 2.24) is 0 Å². The standard InChI is InChI=1S/C22H30O4.C2H6/c1-13(23)26-12-21(25)19-6-5-16-17(19)7-8-20-18(16)4-3-14-11-15(24)9-10-22(14,20)2;1-2/h11,16-20H,3-10,12H2,1-2H3;1-2H3. The Balaban J connectivity index is 0.00000109. The lowest BCUT2D eigenvalue weighted by molar-refractivity contribution is -0.147. The van der Waals surface area contributed by atoms with E-state index in [9.17, 15) is 14.4 Å². The zero-order valence-corrected chi connectivity index (χ0v) is 18.0. The van der Waals surface area contributed by atoms with Crippen molar-refractivity contribution in [2.75, 3.05) is 6.61 Å². The van der Waals surface area contributed by atoms with Gasteiger partial charge in [-0.3, -0.25) is 14.4 Å². The Morgan fingerprint density at radius 3 is 2.46 bits per heavy atom. The lowest BCUT2D eigenvalue weighted by Crippen LogP contribution is -2.47. The molecule has 0 aromatic carbocycles. The number of hydrogen-bond acceptors (Lipinski definition) is 4. The Morgan fingerprint density at radius 2 is 1.75 bits per heavy atom. The van der Waals surface area contributed by atoms with Gasteiger partial charge < -0.3 is 4.74 Å². The highest BCUT2D eigenvalue weighted by Crippen LogP contribution is 2.62. The molecule has 4 aliphatic carbocycles. The Labute approximate surface area is 169 Å². The number of ketones is 2. The van der Waals surface area contributed by atoms with Crippen molar-refractivity contribution in [3.8, 4) is 0 Å². The number of esters is 1. The van der Waals surface area contributed by atoms with Gasteiger partial charge in [-0.05, 0) is 80.1 Å². The Hall–Kier alpha value is -1.45. The summed E-state index contributed by atoms with van der Waals surface area (Å²) in [6, 6.07) is 0. The molecule has 0 spiro atoms. The molecule has 6 atom stereocenters. The number of carbonyl (C=O) groups is 3. The molecule has 4 rings (SSSR count). The summed E-state index contributed by atoms with van der Waals surface area (Å²) < 4.78 is 4.97. The lowest BCUT2D eigenvalue weighted by Gasteiger charge is -2.55. The van der Waals surface area contributed by atoms with Crippen LogP contribution < -0.4 is 0 Å². The molecular weight excluding hydrogens is 352 g/mol. The molecule has 0 aromatic rings. The fourth-order valence-electron chi connectivity index (χ4n) is 6.89. The van der Waals surface area contributed by atoms with E-state index in [0.717, 1.165) is 32.1 Å². The lowest BCUT2D eigenvalue weighted by atomic mass is 9.49. The first-order valence-electron chi connectivity index (χ1n) is 11.3. The average Bonchev–Trinajstić information content (AvgIpc) is 3.12. The van der Waals surface area contributed by atoms with E-state index >= 15 is 0 Å². The number of ether oxygens (including phenoxy) is 1. The van der Waals surface area contributed by atoms with Gasteiger partial charge in [0, 0.05) is 19.3 Å². The van der Waals surface area contributed by atoms with Crippen LogP contribution in [0.15, 0.2) is 11.6 Å². The second kappa shape index (κ2) is 8.51. The third-order valence-electron chi connectivity index (χ3n) is 8.11. The molecule has 6 unspecified atom stereocenters. The van der Waals surface area contributed by atoms with Crippen LogP contribution in [0.1, 0.15) is 79.1 Å². The number of hydrogen-bond donors (Lipinski definition) is 0. The summed E-state index contributed by atoms with van der Waals surface area (Å²) in [5.74, 6) is 2.60. The van der Waals surface area contributed by atoms with Crippen LogP contribution in [0.25, 0.3) is 0 Å². The van der Waals surface area contributed by atoms with Gasteiger partial charge in [0.25, 0.3) is 0 Å². The molecule has 0 radical (unpaired) electrons. The van der Waals surface area contributed by atoms with E-state index in [4.69, 9.17) is 4.74 Å². The molecule has 3 saturated carbocycles. The monoisotopic (exact) mass is 388 g/mol. The highest BCUT2D eigenvalue weighted by atomic mass is 16.5. The van der Waals surface area contributed by atoms with Crippen LogP contribution in [-0.4, -0.2) is 24.1 Å². The Bertz CT molecular complexity index is 664. The van der Waals surface area contributed by atoms with Gasteiger partial charge in [0.05, 0.1) is 0 Å². The van der Waals surface area contributed by atoms with Crippen LogP contribution >= 0.6 is 0 Å². The molecule has 3 fully saturated rings. The maximum Gasteiger partial charge on any atom is 0.303 e. The van der Waals surface area contributed by atoms with Crippen molar-refractivity contribution in [1.29, 1.82) is 0 Å². The predicted octanol–water partition coefficient (Wildman–Crippen LogP) is 4.90. The first kappa shape index (κ1) is 21.3. The highest BCUT2D eigenvalue weighted by molar-refractivity contribution is 5.91. The predicted molar refractivity (Wildman–Crippen MR) is 109 cm³/mol. The summed E-state index contributed by atoms with van der Waals surface area (Å²) in [6.45, 7) is 7.70. The van der Waals surface area contributed by atoms with Gasteiger partial charge in [-0.2, -0.15) is 0 Å². The third-order valence-corrected chi connectivity index (χ3v) is 8.11. The van der Waals surface area contributed by atoms with Gasteiger partial charge in [-0.1, -0.05) is 26.3 Å². The molecule has 4 nitrogen and oxygen atoms in total. The summed E-state index contributed by atoms with van der Waals surface area (Å²) in [6.07, 6.45) is 10.2. The van der Waals surface area contributed by atoms with Gasteiger partial charge in [0.1, 0.15) is 6.61 Å². The van der Waals surface area contributed by atoms with Gasteiger partial charge in [-0.25, -0.2) is 0 Å². The van der Waals surface area contributed by atoms with E-state index < -0.39 is 0 Å². The fraction of sp³-hybridized carbons (Fsp3) is 0.792. The summed E-state index contributed by atoms with van der Waals surface area (Å²) >= 11 is 0. The Kier molecular flexibility index (Phi) is 6.46. The molecule has 0 saturated heterocycles. The van der Waals surface area contributed by atoms with E-state index in [-0.39, 0.29) is 29.7 Å². The van der Waals surface area contributed by atoms with Gasteiger partial charge in [-0.15, -0.1) is 0 Å². The van der Waals surface area contributed by atoms with Gasteiger partial charge in [0.2, 0.25) is 0 Å². The first-order chi connectivity index (χ1) is 13.4. The Morgan fingerprint density at radius 1 is 1.04 bits per heavy atom. The normalized spacial score (nSPS) is 38.8. The van der Waals surface area contributed by atoms with Crippen LogP contribution in [0.5, 0.6) is 0 Å². The topological polar surface area (TPSA) is 60.4 Å². The third kappa shape index (κ3) is 3.71. The molecular formula is C24H36O4. The van der Waals surface area contributed by atoms with Gasteiger partial charge >= 0.3 is 5.97 Å². The molecule has 0 aromatic heterocycles. The van der Waals surface area contributed by atoms with Gasteiger partial charge in [0.15, 0.2) is 11.6 Å². The maximum absolute atomic E-state index is 12.6. The summed E-state index contributed by atoms with van der Waals surface area (Å²) in [5.41, 5.74) is 1.59. The van der Waals surface area contributed by atoms with E-state index in [1.54, 1.807) is 0 Å². The first-order valence-corrected chi connectivity index (χ1v) is 11.3. The van der Waals surface area contributed by atoms with Crippen molar-refractivity contribution in [2.45, 2.75) is 79.1 Å². The van der Waals surface area contributed by atoms with Crippen LogP contribution in [-0.2, 0) is 19.1 Å². The fourth-order valence-corrected chi connectivity index (χ4v) is 6.89. The number of Topliss-reactive ketones (excluding diaryl/α,β-unsaturated/α-hetero) is 1. The highest BCUT2D eigenvalue weighted by Gasteiger charge is 2.55. The number of rotatable bonds is 3. The molecule has 28 heavy (non-hydrogen) atoms. The zero-order valence-electron chi connectivity index (χ0n) is 18.0. The van der Waals surface area contributed by atoms with Crippen LogP contribution in [0.4, 0.5) is 0 Å². The quantitative estimate of drug-likeness (QED) is 0.645. The largest absolute Gasteiger partial charge is 0.458 e. The zero-order chi connectivity index (χ0) is 20.5.